The average molecular weight is 285 g/mol. The summed E-state index contributed by atoms with van der Waals surface area (Å²) in [5.74, 6) is 1.23. The third kappa shape index (κ3) is 3.69. The lowest BCUT2D eigenvalue weighted by Crippen LogP contribution is -1.97. The van der Waals surface area contributed by atoms with E-state index in [0.717, 1.165) is 16.2 Å². The Morgan fingerprint density at radius 3 is 2.30 bits per heavy atom. The zero-order valence-corrected chi connectivity index (χ0v) is 12.0. The number of nitriles is 1. The molecule has 0 saturated heterocycles. The molecule has 0 aliphatic rings. The maximum absolute atomic E-state index is 12.2. The molecule has 20 heavy (non-hydrogen) atoms. The Kier molecular flexibility index (Phi) is 4.91. The summed E-state index contributed by atoms with van der Waals surface area (Å²) in [6.07, 6.45) is 0. The molecule has 0 aliphatic carbocycles. The molecular weight excluding hydrogens is 270 g/mol. The van der Waals surface area contributed by atoms with Gasteiger partial charge in [0, 0.05) is 4.90 Å². The van der Waals surface area contributed by atoms with Crippen LogP contribution in [0.1, 0.15) is 18.1 Å². The zero-order valence-electron chi connectivity index (χ0n) is 11.2. The smallest absolute Gasteiger partial charge is 0.119 e. The van der Waals surface area contributed by atoms with Crippen molar-refractivity contribution in [3.63, 3.8) is 0 Å². The maximum Gasteiger partial charge on any atom is 0.119 e. The zero-order chi connectivity index (χ0) is 14.4. The predicted molar refractivity (Wildman–Crippen MR) is 78.9 cm³/mol. The largest absolute Gasteiger partial charge is 0.494 e. The molecule has 4 heteroatoms. The highest BCUT2D eigenvalue weighted by Gasteiger charge is 2.05. The van der Waals surface area contributed by atoms with Crippen molar-refractivity contribution in [2.45, 2.75) is 17.6 Å². The van der Waals surface area contributed by atoms with Crippen molar-refractivity contribution in [2.24, 2.45) is 0 Å². The molecule has 0 aromatic heterocycles. The lowest BCUT2D eigenvalue weighted by Gasteiger charge is -2.05. The van der Waals surface area contributed by atoms with Gasteiger partial charge < -0.3 is 4.74 Å². The number of nitrogens with zero attached hydrogens (tertiary/aromatic N) is 1. The topological polar surface area (TPSA) is 50.1 Å². The number of ether oxygens (including phenoxy) is 1. The van der Waals surface area contributed by atoms with Gasteiger partial charge in [0.1, 0.15) is 5.75 Å². The molecule has 0 heterocycles. The van der Waals surface area contributed by atoms with Crippen LogP contribution in [-0.2, 0) is 16.6 Å². The van der Waals surface area contributed by atoms with Crippen molar-refractivity contribution in [1.82, 2.24) is 0 Å². The number of benzene rings is 2. The van der Waals surface area contributed by atoms with Gasteiger partial charge in [0.2, 0.25) is 0 Å². The molecule has 0 bridgehead atoms. The highest BCUT2D eigenvalue weighted by molar-refractivity contribution is 7.84. The van der Waals surface area contributed by atoms with Crippen LogP contribution in [0.25, 0.3) is 0 Å². The number of hydrogen-bond acceptors (Lipinski definition) is 3. The normalized spacial score (nSPS) is 11.6. The van der Waals surface area contributed by atoms with Gasteiger partial charge >= 0.3 is 0 Å². The van der Waals surface area contributed by atoms with E-state index in [4.69, 9.17) is 10.00 Å². The second kappa shape index (κ2) is 6.88. The molecule has 0 aliphatic heterocycles. The van der Waals surface area contributed by atoms with Crippen LogP contribution in [0.2, 0.25) is 0 Å². The molecule has 0 saturated carbocycles. The van der Waals surface area contributed by atoms with Crippen molar-refractivity contribution < 1.29 is 8.95 Å². The number of rotatable bonds is 5. The minimum Gasteiger partial charge on any atom is -0.494 e. The molecule has 0 spiro atoms. The Bertz CT molecular complexity index is 627. The van der Waals surface area contributed by atoms with Crippen LogP contribution in [0.4, 0.5) is 0 Å². The SMILES string of the molecule is CCOc1ccc(S(=O)Cc2ccc(C#N)cc2)cc1. The summed E-state index contributed by atoms with van der Waals surface area (Å²) >= 11 is 0. The number of hydrogen-bond donors (Lipinski definition) is 0. The Balaban J connectivity index is 2.05. The minimum atomic E-state index is -1.09. The van der Waals surface area contributed by atoms with Crippen molar-refractivity contribution in [3.8, 4) is 11.8 Å². The maximum atomic E-state index is 12.2. The molecule has 2 rings (SSSR count). The van der Waals surface area contributed by atoms with E-state index in [0.29, 0.717) is 17.9 Å². The molecule has 0 radical (unpaired) electrons. The fourth-order valence-electron chi connectivity index (χ4n) is 1.76. The van der Waals surface area contributed by atoms with Gasteiger partial charge in [-0.05, 0) is 48.9 Å². The van der Waals surface area contributed by atoms with Crippen molar-refractivity contribution in [1.29, 1.82) is 5.26 Å². The lowest BCUT2D eigenvalue weighted by molar-refractivity contribution is 0.340. The van der Waals surface area contributed by atoms with E-state index in [-0.39, 0.29) is 0 Å². The van der Waals surface area contributed by atoms with Crippen molar-refractivity contribution in [2.75, 3.05) is 6.61 Å². The van der Waals surface area contributed by atoms with Crippen LogP contribution in [-0.4, -0.2) is 10.8 Å². The van der Waals surface area contributed by atoms with E-state index < -0.39 is 10.8 Å². The van der Waals surface area contributed by atoms with Crippen LogP contribution < -0.4 is 4.74 Å². The molecule has 2 aromatic carbocycles. The van der Waals surface area contributed by atoms with Gasteiger partial charge in [0.05, 0.1) is 34.8 Å². The van der Waals surface area contributed by atoms with Gasteiger partial charge in [0.25, 0.3) is 0 Å². The van der Waals surface area contributed by atoms with Gasteiger partial charge in [-0.1, -0.05) is 12.1 Å². The fraction of sp³-hybridized carbons (Fsp3) is 0.188. The minimum absolute atomic E-state index is 0.444. The first-order valence-corrected chi connectivity index (χ1v) is 7.65. The van der Waals surface area contributed by atoms with Gasteiger partial charge in [-0.15, -0.1) is 0 Å². The molecule has 1 unspecified atom stereocenters. The van der Waals surface area contributed by atoms with Crippen molar-refractivity contribution in [3.05, 3.63) is 59.7 Å². The van der Waals surface area contributed by atoms with Gasteiger partial charge in [-0.25, -0.2) is 0 Å². The van der Waals surface area contributed by atoms with E-state index in [1.807, 2.05) is 43.3 Å². The molecule has 0 N–H and O–H groups in total. The van der Waals surface area contributed by atoms with Crippen LogP contribution in [0, 0.1) is 11.3 Å². The van der Waals surface area contributed by atoms with Crippen LogP contribution in [0.5, 0.6) is 5.75 Å². The summed E-state index contributed by atoms with van der Waals surface area (Å²) in [6.45, 7) is 2.55. The molecule has 102 valence electrons. The first-order valence-electron chi connectivity index (χ1n) is 6.33. The molecule has 0 amide bonds. The summed E-state index contributed by atoms with van der Waals surface area (Å²) in [5, 5.41) is 8.74. The Morgan fingerprint density at radius 2 is 1.75 bits per heavy atom. The summed E-state index contributed by atoms with van der Waals surface area (Å²) in [4.78, 5) is 0.776. The Hall–Kier alpha value is -2.12. The molecule has 0 fully saturated rings. The quantitative estimate of drug-likeness (QED) is 0.847. The van der Waals surface area contributed by atoms with Gasteiger partial charge in [-0.3, -0.25) is 4.21 Å². The molecule has 3 nitrogen and oxygen atoms in total. The van der Waals surface area contributed by atoms with Gasteiger partial charge in [0.15, 0.2) is 0 Å². The third-order valence-electron chi connectivity index (χ3n) is 2.78. The van der Waals surface area contributed by atoms with Crippen LogP contribution >= 0.6 is 0 Å². The third-order valence-corrected chi connectivity index (χ3v) is 4.17. The van der Waals surface area contributed by atoms with Gasteiger partial charge in [-0.2, -0.15) is 5.26 Å². The monoisotopic (exact) mass is 285 g/mol. The molecule has 1 atom stereocenters. The Morgan fingerprint density at radius 1 is 1.10 bits per heavy atom. The highest BCUT2D eigenvalue weighted by atomic mass is 32.2. The summed E-state index contributed by atoms with van der Waals surface area (Å²) in [6, 6.07) is 16.5. The second-order valence-corrected chi connectivity index (χ2v) is 5.65. The van der Waals surface area contributed by atoms with E-state index in [1.165, 1.54) is 0 Å². The molecule has 2 aromatic rings. The Labute approximate surface area is 121 Å². The predicted octanol–water partition coefficient (Wildman–Crippen LogP) is 3.26. The summed E-state index contributed by atoms with van der Waals surface area (Å²) < 4.78 is 17.6. The highest BCUT2D eigenvalue weighted by Crippen LogP contribution is 2.17. The first kappa shape index (κ1) is 14.3. The molecular formula is C16H15NO2S. The van der Waals surface area contributed by atoms with Crippen molar-refractivity contribution >= 4 is 10.8 Å². The van der Waals surface area contributed by atoms with E-state index >= 15 is 0 Å². The summed E-state index contributed by atoms with van der Waals surface area (Å²) in [5.41, 5.74) is 1.57. The van der Waals surface area contributed by atoms with Crippen LogP contribution in [0.3, 0.4) is 0 Å². The first-order chi connectivity index (χ1) is 9.72. The summed E-state index contributed by atoms with van der Waals surface area (Å²) in [7, 11) is -1.09. The van der Waals surface area contributed by atoms with E-state index in [1.54, 1.807) is 12.1 Å². The average Bonchev–Trinajstić information content (AvgIpc) is 2.49. The van der Waals surface area contributed by atoms with Crippen LogP contribution in [0.15, 0.2) is 53.4 Å². The lowest BCUT2D eigenvalue weighted by atomic mass is 10.2. The second-order valence-electron chi connectivity index (χ2n) is 4.20. The van der Waals surface area contributed by atoms with E-state index in [2.05, 4.69) is 6.07 Å². The van der Waals surface area contributed by atoms with E-state index in [9.17, 15) is 4.21 Å². The standard InChI is InChI=1S/C16H15NO2S/c1-2-19-15-7-9-16(10-8-15)20(18)12-14-5-3-13(11-17)4-6-14/h3-10H,2,12H2,1H3. The fourth-order valence-corrected chi connectivity index (χ4v) is 2.87.